The summed E-state index contributed by atoms with van der Waals surface area (Å²) < 4.78 is 26.5. The van der Waals surface area contributed by atoms with Crippen molar-refractivity contribution in [2.45, 2.75) is 63.6 Å². The minimum absolute atomic E-state index is 0.00578. The molecule has 1 heterocycles. The summed E-state index contributed by atoms with van der Waals surface area (Å²) >= 11 is 12.4. The van der Waals surface area contributed by atoms with E-state index in [-0.39, 0.29) is 35.9 Å². The molecule has 194 valence electrons. The number of carbonyl (C=O) groups is 3. The van der Waals surface area contributed by atoms with Gasteiger partial charge in [-0.1, -0.05) is 48.3 Å². The van der Waals surface area contributed by atoms with Crippen LogP contribution in [0.5, 0.6) is 0 Å². The molecule has 0 radical (unpaired) electrons. The molecule has 0 bridgehead atoms. The fraction of sp³-hybridized carbons (Fsp3) is 0.400. The van der Waals surface area contributed by atoms with Gasteiger partial charge in [-0.2, -0.15) is 0 Å². The van der Waals surface area contributed by atoms with Crippen LogP contribution in [0, 0.1) is 0 Å². The minimum Gasteiger partial charge on any atom is -0.350 e. The van der Waals surface area contributed by atoms with E-state index in [0.29, 0.717) is 26.3 Å². The zero-order chi connectivity index (χ0) is 26.8. The number of sulfonamides is 1. The van der Waals surface area contributed by atoms with Gasteiger partial charge in [0.2, 0.25) is 11.8 Å². The molecule has 36 heavy (non-hydrogen) atoms. The summed E-state index contributed by atoms with van der Waals surface area (Å²) in [5.41, 5.74) is 0.123. The van der Waals surface area contributed by atoms with Gasteiger partial charge in [-0.25, -0.2) is 12.7 Å². The first kappa shape index (κ1) is 28.0. The Morgan fingerprint density at radius 1 is 1.11 bits per heavy atom. The van der Waals surface area contributed by atoms with Crippen LogP contribution in [-0.2, 0) is 26.2 Å². The van der Waals surface area contributed by atoms with E-state index in [1.165, 1.54) is 23.1 Å². The molecule has 3 rings (SSSR count). The normalized spacial score (nSPS) is 15.4. The highest BCUT2D eigenvalue weighted by molar-refractivity contribution is 7.90. The highest BCUT2D eigenvalue weighted by Gasteiger charge is 2.41. The molecule has 0 unspecified atom stereocenters. The van der Waals surface area contributed by atoms with Crippen molar-refractivity contribution in [3.63, 3.8) is 0 Å². The molecule has 1 aliphatic rings. The average molecular weight is 554 g/mol. The Morgan fingerprint density at radius 3 is 2.36 bits per heavy atom. The SMILES string of the molecule is CC[C@H](C(=O)NC(C)(C)C)N(Cc1ccc(Cl)cc1Cl)C(=O)CCN1C(=O)c2ccccc2S1(=O)=O. The van der Waals surface area contributed by atoms with E-state index in [2.05, 4.69) is 5.32 Å². The fourth-order valence-electron chi connectivity index (χ4n) is 4.00. The number of halogens is 2. The Bertz CT molecular complexity index is 1290. The molecule has 8 nitrogen and oxygen atoms in total. The van der Waals surface area contributed by atoms with E-state index in [0.717, 1.165) is 0 Å². The molecule has 1 aliphatic heterocycles. The fourth-order valence-corrected chi connectivity index (χ4v) is 6.04. The maximum absolute atomic E-state index is 13.5. The maximum Gasteiger partial charge on any atom is 0.269 e. The number of fused-ring (bicyclic) bond motifs is 1. The van der Waals surface area contributed by atoms with Gasteiger partial charge in [0, 0.05) is 35.1 Å². The average Bonchev–Trinajstić information content (AvgIpc) is 2.97. The lowest BCUT2D eigenvalue weighted by Gasteiger charge is -2.33. The van der Waals surface area contributed by atoms with E-state index in [4.69, 9.17) is 23.2 Å². The maximum atomic E-state index is 13.5. The predicted octanol–water partition coefficient (Wildman–Crippen LogP) is 4.25. The first-order chi connectivity index (χ1) is 16.8. The van der Waals surface area contributed by atoms with Crippen molar-refractivity contribution in [3.8, 4) is 0 Å². The van der Waals surface area contributed by atoms with E-state index in [1.807, 2.05) is 20.8 Å². The highest BCUT2D eigenvalue weighted by atomic mass is 35.5. The topological polar surface area (TPSA) is 104 Å². The number of benzene rings is 2. The summed E-state index contributed by atoms with van der Waals surface area (Å²) in [6.07, 6.45) is 0.00864. The van der Waals surface area contributed by atoms with Crippen LogP contribution in [0.15, 0.2) is 47.4 Å². The van der Waals surface area contributed by atoms with Crippen molar-refractivity contribution in [1.82, 2.24) is 14.5 Å². The lowest BCUT2D eigenvalue weighted by molar-refractivity contribution is -0.142. The van der Waals surface area contributed by atoms with E-state index in [9.17, 15) is 22.8 Å². The summed E-state index contributed by atoms with van der Waals surface area (Å²) in [6.45, 7) is 6.94. The molecule has 11 heteroatoms. The molecule has 0 saturated heterocycles. The molecular weight excluding hydrogens is 525 g/mol. The first-order valence-corrected chi connectivity index (χ1v) is 13.7. The number of carbonyl (C=O) groups excluding carboxylic acids is 3. The lowest BCUT2D eigenvalue weighted by atomic mass is 10.1. The van der Waals surface area contributed by atoms with Crippen LogP contribution in [0.1, 0.15) is 56.5 Å². The number of nitrogens with one attached hydrogen (secondary N) is 1. The second-order valence-electron chi connectivity index (χ2n) is 9.55. The Balaban J connectivity index is 1.87. The Hall–Kier alpha value is -2.62. The monoisotopic (exact) mass is 553 g/mol. The predicted molar refractivity (Wildman–Crippen MR) is 138 cm³/mol. The molecule has 1 N–H and O–H groups in total. The van der Waals surface area contributed by atoms with Gasteiger partial charge >= 0.3 is 0 Å². The van der Waals surface area contributed by atoms with Crippen molar-refractivity contribution < 1.29 is 22.8 Å². The van der Waals surface area contributed by atoms with Gasteiger partial charge in [-0.3, -0.25) is 14.4 Å². The standard InChI is InChI=1S/C25H29Cl2N3O5S/c1-5-20(23(32)28-25(2,3)4)29(15-16-10-11-17(26)14-19(16)27)22(31)12-13-30-24(33)18-8-6-7-9-21(18)36(30,34)35/h6-11,14,20H,5,12-13,15H2,1-4H3,(H,28,32)/t20-/m1/s1. The lowest BCUT2D eigenvalue weighted by Crippen LogP contribution is -2.53. The molecule has 3 amide bonds. The second kappa shape index (κ2) is 10.8. The van der Waals surface area contributed by atoms with Crippen LogP contribution in [-0.4, -0.2) is 53.5 Å². The number of hydrogen-bond acceptors (Lipinski definition) is 5. The van der Waals surface area contributed by atoms with E-state index in [1.54, 1.807) is 31.2 Å². The van der Waals surface area contributed by atoms with Gasteiger partial charge < -0.3 is 10.2 Å². The molecule has 0 aliphatic carbocycles. The third-order valence-corrected chi connectivity index (χ3v) is 8.11. The molecule has 0 saturated carbocycles. The Kier molecular flexibility index (Phi) is 8.37. The largest absolute Gasteiger partial charge is 0.350 e. The summed E-state index contributed by atoms with van der Waals surface area (Å²) in [6, 6.07) is 9.93. The summed E-state index contributed by atoms with van der Waals surface area (Å²) in [4.78, 5) is 40.6. The van der Waals surface area contributed by atoms with Crippen LogP contribution < -0.4 is 5.32 Å². The molecule has 1 atom stereocenters. The van der Waals surface area contributed by atoms with Gasteiger partial charge in [-0.05, 0) is 57.0 Å². The van der Waals surface area contributed by atoms with E-state index >= 15 is 0 Å². The van der Waals surface area contributed by atoms with Crippen molar-refractivity contribution >= 4 is 50.9 Å². The summed E-state index contributed by atoms with van der Waals surface area (Å²) in [5.74, 6) is -1.51. The van der Waals surface area contributed by atoms with Crippen LogP contribution in [0.25, 0.3) is 0 Å². The summed E-state index contributed by atoms with van der Waals surface area (Å²) in [7, 11) is -4.06. The third-order valence-electron chi connectivity index (χ3n) is 5.68. The van der Waals surface area contributed by atoms with Gasteiger partial charge in [0.15, 0.2) is 0 Å². The van der Waals surface area contributed by atoms with Crippen molar-refractivity contribution in [2.24, 2.45) is 0 Å². The van der Waals surface area contributed by atoms with Gasteiger partial charge in [-0.15, -0.1) is 0 Å². The quantitative estimate of drug-likeness (QED) is 0.526. The van der Waals surface area contributed by atoms with Gasteiger partial charge in [0.1, 0.15) is 10.9 Å². The van der Waals surface area contributed by atoms with Crippen molar-refractivity contribution in [1.29, 1.82) is 0 Å². The van der Waals surface area contributed by atoms with Crippen LogP contribution in [0.3, 0.4) is 0 Å². The number of nitrogens with zero attached hydrogens (tertiary/aromatic N) is 2. The molecular formula is C25H29Cl2N3O5S. The molecule has 0 spiro atoms. The highest BCUT2D eigenvalue weighted by Crippen LogP contribution is 2.30. The minimum atomic E-state index is -4.06. The first-order valence-electron chi connectivity index (χ1n) is 11.5. The number of rotatable bonds is 8. The van der Waals surface area contributed by atoms with Crippen LogP contribution in [0.4, 0.5) is 0 Å². The van der Waals surface area contributed by atoms with Gasteiger partial charge in [0.05, 0.1) is 5.56 Å². The molecule has 2 aromatic rings. The molecule has 2 aromatic carbocycles. The smallest absolute Gasteiger partial charge is 0.269 e. The van der Waals surface area contributed by atoms with E-state index < -0.39 is 33.4 Å². The molecule has 0 aromatic heterocycles. The Morgan fingerprint density at radius 2 is 1.78 bits per heavy atom. The Labute approximate surface area is 221 Å². The summed E-state index contributed by atoms with van der Waals surface area (Å²) in [5, 5.41) is 3.66. The van der Waals surface area contributed by atoms with Crippen LogP contribution in [0.2, 0.25) is 10.0 Å². The number of hydrogen-bond donors (Lipinski definition) is 1. The second-order valence-corrected chi connectivity index (χ2v) is 12.2. The van der Waals surface area contributed by atoms with Gasteiger partial charge in [0.25, 0.3) is 15.9 Å². The number of amides is 3. The van der Waals surface area contributed by atoms with Crippen molar-refractivity contribution in [3.05, 3.63) is 63.6 Å². The third kappa shape index (κ3) is 6.02. The molecule has 0 fully saturated rings. The van der Waals surface area contributed by atoms with Crippen molar-refractivity contribution in [2.75, 3.05) is 6.54 Å². The van der Waals surface area contributed by atoms with Crippen LogP contribution >= 0.6 is 23.2 Å². The zero-order valence-corrected chi connectivity index (χ0v) is 22.9. The zero-order valence-electron chi connectivity index (χ0n) is 20.5.